The predicted molar refractivity (Wildman–Crippen MR) is 83.5 cm³/mol. The van der Waals surface area contributed by atoms with Gasteiger partial charge in [-0.3, -0.25) is 0 Å². The first-order valence-electron chi connectivity index (χ1n) is 6.70. The summed E-state index contributed by atoms with van der Waals surface area (Å²) in [5, 5.41) is 19.2. The van der Waals surface area contributed by atoms with E-state index in [4.69, 9.17) is 0 Å². The Hall–Kier alpha value is -1.40. The second kappa shape index (κ2) is 5.93. The van der Waals surface area contributed by atoms with Gasteiger partial charge in [-0.25, -0.2) is 0 Å². The fourth-order valence-electron chi connectivity index (χ4n) is 0.993. The van der Waals surface area contributed by atoms with E-state index in [1.165, 1.54) is 0 Å². The molecule has 0 aromatic heterocycles. The van der Waals surface area contributed by atoms with Crippen LogP contribution < -0.4 is 0 Å². The third kappa shape index (κ3) is 10.5. The lowest BCUT2D eigenvalue weighted by atomic mass is 9.88. The normalized spacial score (nSPS) is 12.3. The average molecular weight is 274 g/mol. The van der Waals surface area contributed by atoms with E-state index in [9.17, 15) is 10.2 Å². The molecule has 0 aliphatic carbocycles. The quantitative estimate of drug-likeness (QED) is 0.667. The molecule has 0 atom stereocenters. The summed E-state index contributed by atoms with van der Waals surface area (Å²) in [6, 6.07) is 0. The van der Waals surface area contributed by atoms with Gasteiger partial charge in [-0.2, -0.15) is 0 Å². The predicted octanol–water partition coefficient (Wildman–Crippen LogP) is 2.59. The van der Waals surface area contributed by atoms with Crippen molar-refractivity contribution in [1.82, 2.24) is 0 Å². The molecule has 0 fully saturated rings. The van der Waals surface area contributed by atoms with Gasteiger partial charge in [0.05, 0.1) is 10.8 Å². The molecule has 0 unspecified atom stereocenters. The van der Waals surface area contributed by atoms with Gasteiger partial charge in [-0.15, -0.1) is 0 Å². The standard InChI is InChI=1S/C18H26O2/c1-15(2,11-13-17(5,6)19)9-10-16(3,4)12-14-18(7,8)20/h19-20H,1-8H3. The summed E-state index contributed by atoms with van der Waals surface area (Å²) in [5.41, 5.74) is -3.08. The molecule has 2 nitrogen and oxygen atoms in total. The third-order valence-electron chi connectivity index (χ3n) is 2.05. The highest BCUT2D eigenvalue weighted by molar-refractivity contribution is 5.32. The minimum absolute atomic E-state index is 0.520. The lowest BCUT2D eigenvalue weighted by molar-refractivity contribution is 0.142. The van der Waals surface area contributed by atoms with E-state index in [1.54, 1.807) is 27.7 Å². The second-order valence-electron chi connectivity index (χ2n) is 7.12. The maximum atomic E-state index is 9.61. The third-order valence-corrected chi connectivity index (χ3v) is 2.05. The summed E-state index contributed by atoms with van der Waals surface area (Å²) in [5.74, 6) is 17.7. The molecule has 0 bridgehead atoms. The van der Waals surface area contributed by atoms with Crippen LogP contribution in [0, 0.1) is 46.4 Å². The minimum atomic E-state index is -1.02. The lowest BCUT2D eigenvalue weighted by Gasteiger charge is -2.15. The van der Waals surface area contributed by atoms with Gasteiger partial charge < -0.3 is 10.2 Å². The van der Waals surface area contributed by atoms with Crippen LogP contribution in [0.1, 0.15) is 55.4 Å². The minimum Gasteiger partial charge on any atom is -0.378 e. The van der Waals surface area contributed by atoms with Crippen molar-refractivity contribution in [1.29, 1.82) is 0 Å². The van der Waals surface area contributed by atoms with Crippen LogP contribution in [-0.4, -0.2) is 21.4 Å². The number of hydrogen-bond donors (Lipinski definition) is 2. The van der Waals surface area contributed by atoms with Crippen molar-refractivity contribution in [3.63, 3.8) is 0 Å². The van der Waals surface area contributed by atoms with E-state index in [-0.39, 0.29) is 0 Å². The molecule has 0 aromatic carbocycles. The van der Waals surface area contributed by atoms with Crippen LogP contribution in [0.4, 0.5) is 0 Å². The fourth-order valence-corrected chi connectivity index (χ4v) is 0.993. The number of aliphatic hydroxyl groups is 2. The van der Waals surface area contributed by atoms with E-state index < -0.39 is 22.0 Å². The van der Waals surface area contributed by atoms with Crippen molar-refractivity contribution in [2.45, 2.75) is 66.6 Å². The lowest BCUT2D eigenvalue weighted by Crippen LogP contribution is -2.18. The molecule has 0 saturated carbocycles. The second-order valence-corrected chi connectivity index (χ2v) is 7.12. The Kier molecular flexibility index (Phi) is 5.51. The van der Waals surface area contributed by atoms with Crippen molar-refractivity contribution in [2.24, 2.45) is 10.8 Å². The van der Waals surface area contributed by atoms with Gasteiger partial charge in [0.15, 0.2) is 0 Å². The summed E-state index contributed by atoms with van der Waals surface area (Å²) in [4.78, 5) is 0. The maximum absolute atomic E-state index is 9.61. The molecule has 0 aromatic rings. The number of rotatable bonds is 0. The molecule has 0 amide bonds. The van der Waals surface area contributed by atoms with Crippen LogP contribution >= 0.6 is 0 Å². The highest BCUT2D eigenvalue weighted by Gasteiger charge is 2.16. The van der Waals surface area contributed by atoms with Crippen LogP contribution in [0.5, 0.6) is 0 Å². The zero-order valence-electron chi connectivity index (χ0n) is 13.9. The first kappa shape index (κ1) is 18.6. The fraction of sp³-hybridized carbons (Fsp3) is 0.667. The Morgan fingerprint density at radius 2 is 0.650 bits per heavy atom. The average Bonchev–Trinajstić information content (AvgIpc) is 2.20. The van der Waals surface area contributed by atoms with Gasteiger partial charge in [0, 0.05) is 0 Å². The molecule has 0 aliphatic rings. The Morgan fingerprint density at radius 1 is 0.450 bits per heavy atom. The SMILES string of the molecule is CC(C)(O)C#CC(C)(C)C#CC(C)(C)C#CC(C)(C)O. The smallest absolute Gasteiger partial charge is 0.120 e. The van der Waals surface area contributed by atoms with Crippen molar-refractivity contribution in [2.75, 3.05) is 0 Å². The molecule has 0 spiro atoms. The first-order chi connectivity index (χ1) is 8.62. The van der Waals surface area contributed by atoms with E-state index in [0.29, 0.717) is 0 Å². The van der Waals surface area contributed by atoms with Crippen molar-refractivity contribution in [3.8, 4) is 35.5 Å². The molecule has 0 rings (SSSR count). The molecular formula is C18H26O2. The van der Waals surface area contributed by atoms with Gasteiger partial charge in [0.1, 0.15) is 11.2 Å². The van der Waals surface area contributed by atoms with Crippen LogP contribution in [0.2, 0.25) is 0 Å². The molecule has 20 heavy (non-hydrogen) atoms. The molecule has 110 valence electrons. The first-order valence-corrected chi connectivity index (χ1v) is 6.70. The molecule has 0 radical (unpaired) electrons. The largest absolute Gasteiger partial charge is 0.378 e. The van der Waals surface area contributed by atoms with Crippen molar-refractivity contribution >= 4 is 0 Å². The molecular weight excluding hydrogens is 248 g/mol. The van der Waals surface area contributed by atoms with Gasteiger partial charge in [-0.1, -0.05) is 35.5 Å². The van der Waals surface area contributed by atoms with Crippen LogP contribution in [-0.2, 0) is 0 Å². The van der Waals surface area contributed by atoms with Gasteiger partial charge in [-0.05, 0) is 55.4 Å². The Balaban J connectivity index is 5.20. The van der Waals surface area contributed by atoms with Gasteiger partial charge >= 0.3 is 0 Å². The summed E-state index contributed by atoms with van der Waals surface area (Å²) in [6.45, 7) is 14.2. The van der Waals surface area contributed by atoms with E-state index >= 15 is 0 Å². The van der Waals surface area contributed by atoms with Crippen molar-refractivity contribution < 1.29 is 10.2 Å². The molecule has 2 heteroatoms. The van der Waals surface area contributed by atoms with E-state index in [0.717, 1.165) is 0 Å². The van der Waals surface area contributed by atoms with Crippen molar-refractivity contribution in [3.05, 3.63) is 0 Å². The number of hydrogen-bond acceptors (Lipinski definition) is 2. The highest BCUT2D eigenvalue weighted by Crippen LogP contribution is 2.17. The molecule has 0 saturated heterocycles. The van der Waals surface area contributed by atoms with Crippen LogP contribution in [0.25, 0.3) is 0 Å². The zero-order chi connectivity index (χ0) is 16.2. The van der Waals surface area contributed by atoms with Gasteiger partial charge in [0.2, 0.25) is 0 Å². The molecule has 0 heterocycles. The summed E-state index contributed by atoms with van der Waals surface area (Å²) >= 11 is 0. The zero-order valence-corrected chi connectivity index (χ0v) is 13.9. The molecule has 0 aliphatic heterocycles. The van der Waals surface area contributed by atoms with E-state index in [2.05, 4.69) is 35.5 Å². The van der Waals surface area contributed by atoms with Gasteiger partial charge in [0.25, 0.3) is 0 Å². The van der Waals surface area contributed by atoms with Crippen LogP contribution in [0.3, 0.4) is 0 Å². The highest BCUT2D eigenvalue weighted by atomic mass is 16.3. The topological polar surface area (TPSA) is 40.5 Å². The summed E-state index contributed by atoms with van der Waals surface area (Å²) in [7, 11) is 0. The van der Waals surface area contributed by atoms with Crippen LogP contribution in [0.15, 0.2) is 0 Å². The maximum Gasteiger partial charge on any atom is 0.120 e. The Morgan fingerprint density at radius 3 is 0.850 bits per heavy atom. The Bertz CT molecular complexity index is 470. The van der Waals surface area contributed by atoms with E-state index in [1.807, 2.05) is 27.7 Å². The molecule has 2 N–H and O–H groups in total. The summed E-state index contributed by atoms with van der Waals surface area (Å²) in [6.07, 6.45) is 0. The Labute approximate surface area is 124 Å². The monoisotopic (exact) mass is 274 g/mol. The summed E-state index contributed by atoms with van der Waals surface area (Å²) < 4.78 is 0.